The standard InChI is InChI=1S/C25H28N4O3/c30-22-9-8-21(23(31)28-22)29-16-18-7-6-17(14-20(18)24(29)32)15-27-25(10-12-26-13-11-25)19-4-2-1-3-5-19/h1-7,14,21,26-27H,8-13,15-16H2,(H,28,30,31). The van der Waals surface area contributed by atoms with Gasteiger partial charge in [-0.05, 0) is 55.1 Å². The topological polar surface area (TPSA) is 90.5 Å². The minimum Gasteiger partial charge on any atom is -0.322 e. The Bertz CT molecular complexity index is 1050. The van der Waals surface area contributed by atoms with Crippen molar-refractivity contribution in [1.82, 2.24) is 20.9 Å². The van der Waals surface area contributed by atoms with Gasteiger partial charge in [-0.25, -0.2) is 0 Å². The summed E-state index contributed by atoms with van der Waals surface area (Å²) in [7, 11) is 0. The van der Waals surface area contributed by atoms with E-state index in [1.165, 1.54) is 5.56 Å². The van der Waals surface area contributed by atoms with Crippen LogP contribution in [0.4, 0.5) is 0 Å². The average Bonchev–Trinajstić information content (AvgIpc) is 3.14. The molecule has 2 aromatic rings. The smallest absolute Gasteiger partial charge is 0.255 e. The molecule has 0 bridgehead atoms. The van der Waals surface area contributed by atoms with E-state index in [9.17, 15) is 14.4 Å². The summed E-state index contributed by atoms with van der Waals surface area (Å²) in [5, 5.41) is 9.59. The Morgan fingerprint density at radius 3 is 2.56 bits per heavy atom. The van der Waals surface area contributed by atoms with Crippen molar-refractivity contribution in [2.45, 2.75) is 50.4 Å². The second-order valence-corrected chi connectivity index (χ2v) is 8.94. The number of nitrogens with zero attached hydrogens (tertiary/aromatic N) is 1. The number of nitrogens with one attached hydrogen (secondary N) is 3. The Morgan fingerprint density at radius 1 is 1.03 bits per heavy atom. The van der Waals surface area contributed by atoms with Crippen LogP contribution in [0.25, 0.3) is 0 Å². The highest BCUT2D eigenvalue weighted by Gasteiger charge is 2.39. The Kier molecular flexibility index (Phi) is 5.53. The minimum atomic E-state index is -0.578. The lowest BCUT2D eigenvalue weighted by Gasteiger charge is -2.39. The summed E-state index contributed by atoms with van der Waals surface area (Å²) in [5.41, 5.74) is 3.85. The molecule has 32 heavy (non-hydrogen) atoms. The molecule has 166 valence electrons. The van der Waals surface area contributed by atoms with Crippen LogP contribution in [0.5, 0.6) is 0 Å². The van der Waals surface area contributed by atoms with Crippen molar-refractivity contribution in [2.75, 3.05) is 13.1 Å². The van der Waals surface area contributed by atoms with E-state index >= 15 is 0 Å². The molecule has 3 amide bonds. The molecule has 2 fully saturated rings. The van der Waals surface area contributed by atoms with E-state index in [1.807, 2.05) is 18.2 Å². The van der Waals surface area contributed by atoms with Gasteiger partial charge in [0, 0.05) is 30.6 Å². The van der Waals surface area contributed by atoms with Crippen LogP contribution in [-0.2, 0) is 28.2 Å². The maximum Gasteiger partial charge on any atom is 0.255 e. The second kappa shape index (κ2) is 8.48. The number of benzene rings is 2. The minimum absolute atomic E-state index is 0.0890. The molecule has 0 radical (unpaired) electrons. The first-order chi connectivity index (χ1) is 15.6. The molecule has 3 aliphatic heterocycles. The summed E-state index contributed by atoms with van der Waals surface area (Å²) in [4.78, 5) is 38.4. The molecule has 3 N–H and O–H groups in total. The lowest BCUT2D eigenvalue weighted by molar-refractivity contribution is -0.136. The zero-order chi connectivity index (χ0) is 22.1. The first-order valence-corrected chi connectivity index (χ1v) is 11.3. The van der Waals surface area contributed by atoms with E-state index in [4.69, 9.17) is 0 Å². The zero-order valence-electron chi connectivity index (χ0n) is 18.0. The highest BCUT2D eigenvalue weighted by atomic mass is 16.2. The van der Waals surface area contributed by atoms with Crippen molar-refractivity contribution in [2.24, 2.45) is 0 Å². The van der Waals surface area contributed by atoms with Gasteiger partial charge in [0.2, 0.25) is 11.8 Å². The Hall–Kier alpha value is -3.03. The maximum absolute atomic E-state index is 13.1. The molecule has 0 aromatic heterocycles. The summed E-state index contributed by atoms with van der Waals surface area (Å²) in [6.45, 7) is 3.00. The first-order valence-electron chi connectivity index (χ1n) is 11.3. The molecule has 1 unspecified atom stereocenters. The van der Waals surface area contributed by atoms with Crippen molar-refractivity contribution in [3.63, 3.8) is 0 Å². The third-order valence-electron chi connectivity index (χ3n) is 7.01. The third kappa shape index (κ3) is 3.82. The summed E-state index contributed by atoms with van der Waals surface area (Å²) in [6, 6.07) is 16.0. The summed E-state index contributed by atoms with van der Waals surface area (Å²) in [6.07, 6.45) is 2.66. The lowest BCUT2D eigenvalue weighted by Crippen LogP contribution is -2.52. The van der Waals surface area contributed by atoms with Crippen LogP contribution >= 0.6 is 0 Å². The number of hydrogen-bond acceptors (Lipinski definition) is 5. The molecule has 3 aliphatic rings. The van der Waals surface area contributed by atoms with Crippen LogP contribution in [0.2, 0.25) is 0 Å². The third-order valence-corrected chi connectivity index (χ3v) is 7.01. The van der Waals surface area contributed by atoms with Crippen LogP contribution in [0, 0.1) is 0 Å². The Balaban J connectivity index is 1.32. The van der Waals surface area contributed by atoms with E-state index in [-0.39, 0.29) is 29.7 Å². The van der Waals surface area contributed by atoms with Crippen molar-refractivity contribution in [3.05, 3.63) is 70.8 Å². The second-order valence-electron chi connectivity index (χ2n) is 8.94. The van der Waals surface area contributed by atoms with Gasteiger partial charge < -0.3 is 15.5 Å². The number of hydrogen-bond donors (Lipinski definition) is 3. The molecule has 7 nitrogen and oxygen atoms in total. The Labute approximate surface area is 187 Å². The van der Waals surface area contributed by atoms with Crippen LogP contribution < -0.4 is 16.0 Å². The van der Waals surface area contributed by atoms with E-state index in [0.29, 0.717) is 25.1 Å². The van der Waals surface area contributed by atoms with Crippen LogP contribution in [-0.4, -0.2) is 41.8 Å². The van der Waals surface area contributed by atoms with Gasteiger partial charge in [-0.2, -0.15) is 0 Å². The van der Waals surface area contributed by atoms with Crippen molar-refractivity contribution < 1.29 is 14.4 Å². The summed E-state index contributed by atoms with van der Waals surface area (Å²) >= 11 is 0. The molecular weight excluding hydrogens is 404 g/mol. The lowest BCUT2D eigenvalue weighted by atomic mass is 9.81. The van der Waals surface area contributed by atoms with Gasteiger partial charge in [0.1, 0.15) is 6.04 Å². The predicted molar refractivity (Wildman–Crippen MR) is 120 cm³/mol. The molecular formula is C25H28N4O3. The van der Waals surface area contributed by atoms with Gasteiger partial charge in [-0.1, -0.05) is 42.5 Å². The van der Waals surface area contributed by atoms with E-state index < -0.39 is 6.04 Å². The number of amides is 3. The Morgan fingerprint density at radius 2 is 1.81 bits per heavy atom. The number of carbonyl (C=O) groups is 3. The van der Waals surface area contributed by atoms with E-state index in [2.05, 4.69) is 46.3 Å². The number of imide groups is 1. The van der Waals surface area contributed by atoms with Crippen molar-refractivity contribution >= 4 is 17.7 Å². The fraction of sp³-hybridized carbons (Fsp3) is 0.400. The number of rotatable bonds is 5. The number of fused-ring (bicyclic) bond motifs is 1. The molecule has 1 atom stereocenters. The molecule has 3 heterocycles. The van der Waals surface area contributed by atoms with Gasteiger partial charge >= 0.3 is 0 Å². The van der Waals surface area contributed by atoms with Gasteiger partial charge in [0.15, 0.2) is 0 Å². The van der Waals surface area contributed by atoms with Crippen LogP contribution in [0.1, 0.15) is 52.7 Å². The van der Waals surface area contributed by atoms with Crippen molar-refractivity contribution in [1.29, 1.82) is 0 Å². The summed E-state index contributed by atoms with van der Waals surface area (Å²) < 4.78 is 0. The predicted octanol–water partition coefficient (Wildman–Crippen LogP) is 1.82. The largest absolute Gasteiger partial charge is 0.322 e. The van der Waals surface area contributed by atoms with Gasteiger partial charge in [0.25, 0.3) is 5.91 Å². The summed E-state index contributed by atoms with van der Waals surface area (Å²) in [5.74, 6) is -0.773. The number of carbonyl (C=O) groups excluding carboxylic acids is 3. The quantitative estimate of drug-likeness (QED) is 0.627. The molecule has 0 spiro atoms. The molecule has 0 saturated carbocycles. The monoisotopic (exact) mass is 432 g/mol. The molecule has 2 saturated heterocycles. The maximum atomic E-state index is 13.1. The highest BCUT2D eigenvalue weighted by molar-refractivity contribution is 6.05. The molecule has 0 aliphatic carbocycles. The first kappa shape index (κ1) is 20.8. The van der Waals surface area contributed by atoms with Gasteiger partial charge in [-0.15, -0.1) is 0 Å². The highest BCUT2D eigenvalue weighted by Crippen LogP contribution is 2.32. The normalized spacial score (nSPS) is 22.6. The van der Waals surface area contributed by atoms with E-state index in [1.54, 1.807) is 4.90 Å². The SMILES string of the molecule is O=C1CCC(N2Cc3ccc(CNC4(c5ccccc5)CCNCC4)cc3C2=O)C(=O)N1. The van der Waals surface area contributed by atoms with Gasteiger partial charge in [-0.3, -0.25) is 19.7 Å². The fourth-order valence-corrected chi connectivity index (χ4v) is 5.16. The zero-order valence-corrected chi connectivity index (χ0v) is 18.0. The molecule has 2 aromatic carbocycles. The van der Waals surface area contributed by atoms with Crippen LogP contribution in [0.15, 0.2) is 48.5 Å². The van der Waals surface area contributed by atoms with Crippen LogP contribution in [0.3, 0.4) is 0 Å². The van der Waals surface area contributed by atoms with Gasteiger partial charge in [0.05, 0.1) is 0 Å². The molecule has 5 rings (SSSR count). The molecule has 7 heteroatoms. The fourth-order valence-electron chi connectivity index (χ4n) is 5.16. The van der Waals surface area contributed by atoms with E-state index in [0.717, 1.165) is 37.1 Å². The average molecular weight is 433 g/mol. The number of piperidine rings is 2. The van der Waals surface area contributed by atoms with Crippen molar-refractivity contribution in [3.8, 4) is 0 Å².